The Labute approximate surface area is 143 Å². The van der Waals surface area contributed by atoms with Gasteiger partial charge in [-0.2, -0.15) is 0 Å². The van der Waals surface area contributed by atoms with E-state index in [9.17, 15) is 10.2 Å². The molecule has 130 valence electrons. The van der Waals surface area contributed by atoms with Crippen molar-refractivity contribution < 1.29 is 24.6 Å². The van der Waals surface area contributed by atoms with E-state index in [0.29, 0.717) is 18.8 Å². The summed E-state index contributed by atoms with van der Waals surface area (Å²) >= 11 is 0. The van der Waals surface area contributed by atoms with Crippen LogP contribution in [0.3, 0.4) is 0 Å². The quantitative estimate of drug-likeness (QED) is 0.593. The molecule has 5 nitrogen and oxygen atoms in total. The fourth-order valence-electron chi connectivity index (χ4n) is 2.58. The Balaban J connectivity index is 1.84. The van der Waals surface area contributed by atoms with Crippen LogP contribution >= 0.6 is 0 Å². The van der Waals surface area contributed by atoms with Gasteiger partial charge in [0.15, 0.2) is 0 Å². The van der Waals surface area contributed by atoms with Gasteiger partial charge < -0.3 is 24.6 Å². The van der Waals surface area contributed by atoms with Crippen LogP contribution < -0.4 is 14.4 Å². The molecule has 0 aromatic heterocycles. The Kier molecular flexibility index (Phi) is 7.55. The van der Waals surface area contributed by atoms with E-state index < -0.39 is 6.10 Å². The van der Waals surface area contributed by atoms with Crippen LogP contribution in [0.5, 0.6) is 11.5 Å². The highest BCUT2D eigenvalue weighted by Crippen LogP contribution is 2.18. The molecule has 3 N–H and O–H groups in total. The molecule has 0 amide bonds. The molecule has 2 atom stereocenters. The van der Waals surface area contributed by atoms with Crippen LogP contribution in [-0.2, 0) is 6.54 Å². The molecule has 0 aliphatic heterocycles. The molecular formula is C19H26NO4+. The Morgan fingerprint density at radius 2 is 1.79 bits per heavy atom. The Bertz CT molecular complexity index is 591. The third-order valence-corrected chi connectivity index (χ3v) is 3.77. The number of nitrogens with one attached hydrogen (secondary N) is 1. The lowest BCUT2D eigenvalue weighted by molar-refractivity contribution is -0.917. The van der Waals surface area contributed by atoms with Crippen molar-refractivity contribution in [1.82, 2.24) is 0 Å². The van der Waals surface area contributed by atoms with Gasteiger partial charge in [0.05, 0.1) is 13.7 Å². The summed E-state index contributed by atoms with van der Waals surface area (Å²) in [6.07, 6.45) is -0.610. The standard InChI is InChI=1S/C19H25NO4/c1-23-18-8-5-9-19(12-18)24-15-17(22)14-20(10-11-21)13-16-6-3-2-4-7-16/h2-9,12,17,21-22H,10-11,13-15H2,1H3/p+1/t17-/m1/s1. The molecule has 0 fully saturated rings. The summed E-state index contributed by atoms with van der Waals surface area (Å²) in [6.45, 7) is 2.16. The van der Waals surface area contributed by atoms with Crippen molar-refractivity contribution in [1.29, 1.82) is 0 Å². The average molecular weight is 332 g/mol. The van der Waals surface area contributed by atoms with Crippen molar-refractivity contribution in [2.24, 2.45) is 0 Å². The number of quaternary nitrogens is 1. The number of hydrogen-bond acceptors (Lipinski definition) is 4. The normalized spacial score (nSPS) is 13.3. The molecule has 0 heterocycles. The van der Waals surface area contributed by atoms with E-state index in [1.54, 1.807) is 13.2 Å². The van der Waals surface area contributed by atoms with E-state index in [1.165, 1.54) is 5.56 Å². The van der Waals surface area contributed by atoms with Crippen LogP contribution in [0.25, 0.3) is 0 Å². The first-order valence-corrected chi connectivity index (χ1v) is 8.14. The van der Waals surface area contributed by atoms with Crippen molar-refractivity contribution in [3.63, 3.8) is 0 Å². The SMILES string of the molecule is COc1cccc(OC[C@H](O)C[NH+](CCO)Cc2ccccc2)c1. The molecule has 0 spiro atoms. The summed E-state index contributed by atoms with van der Waals surface area (Å²) < 4.78 is 10.8. The molecular weight excluding hydrogens is 306 g/mol. The second-order valence-electron chi connectivity index (χ2n) is 5.73. The van der Waals surface area contributed by atoms with Crippen LogP contribution in [0.1, 0.15) is 5.56 Å². The Morgan fingerprint density at radius 3 is 2.50 bits per heavy atom. The fourth-order valence-corrected chi connectivity index (χ4v) is 2.58. The second-order valence-corrected chi connectivity index (χ2v) is 5.73. The maximum Gasteiger partial charge on any atom is 0.137 e. The molecule has 5 heteroatoms. The summed E-state index contributed by atoms with van der Waals surface area (Å²) in [5, 5.41) is 19.5. The smallest absolute Gasteiger partial charge is 0.137 e. The first-order chi connectivity index (χ1) is 11.7. The minimum Gasteiger partial charge on any atom is -0.497 e. The Hall–Kier alpha value is -2.08. The first kappa shape index (κ1) is 18.3. The van der Waals surface area contributed by atoms with E-state index in [4.69, 9.17) is 9.47 Å². The van der Waals surface area contributed by atoms with Gasteiger partial charge in [-0.15, -0.1) is 0 Å². The molecule has 1 unspecified atom stereocenters. The number of benzene rings is 2. The molecule has 0 bridgehead atoms. The molecule has 0 aliphatic carbocycles. The van der Waals surface area contributed by atoms with Crippen LogP contribution in [0.4, 0.5) is 0 Å². The van der Waals surface area contributed by atoms with Crippen LogP contribution in [-0.4, -0.2) is 49.7 Å². The lowest BCUT2D eigenvalue weighted by atomic mass is 10.2. The van der Waals surface area contributed by atoms with Crippen LogP contribution in [0, 0.1) is 0 Å². The van der Waals surface area contributed by atoms with E-state index in [0.717, 1.165) is 17.2 Å². The van der Waals surface area contributed by atoms with Crippen molar-refractivity contribution in [3.05, 3.63) is 60.2 Å². The highest BCUT2D eigenvalue weighted by atomic mass is 16.5. The molecule has 0 radical (unpaired) electrons. The third kappa shape index (κ3) is 6.20. The van der Waals surface area contributed by atoms with Gasteiger partial charge in [-0.3, -0.25) is 0 Å². The molecule has 0 saturated heterocycles. The maximum absolute atomic E-state index is 10.3. The molecule has 2 aromatic carbocycles. The van der Waals surface area contributed by atoms with E-state index in [-0.39, 0.29) is 13.2 Å². The Morgan fingerprint density at radius 1 is 1.04 bits per heavy atom. The first-order valence-electron chi connectivity index (χ1n) is 8.14. The summed E-state index contributed by atoms with van der Waals surface area (Å²) in [5.41, 5.74) is 1.18. The van der Waals surface area contributed by atoms with Gasteiger partial charge in [-0.25, -0.2) is 0 Å². The zero-order valence-corrected chi connectivity index (χ0v) is 14.0. The highest BCUT2D eigenvalue weighted by Gasteiger charge is 2.16. The van der Waals surface area contributed by atoms with Crippen molar-refractivity contribution in [2.45, 2.75) is 12.6 Å². The van der Waals surface area contributed by atoms with Gasteiger partial charge in [-0.05, 0) is 12.1 Å². The zero-order chi connectivity index (χ0) is 17.2. The number of methoxy groups -OCH3 is 1. The number of aliphatic hydroxyl groups is 2. The minimum absolute atomic E-state index is 0.0889. The molecule has 0 saturated carbocycles. The second kappa shape index (κ2) is 9.93. The highest BCUT2D eigenvalue weighted by molar-refractivity contribution is 5.32. The fraction of sp³-hybridized carbons (Fsp3) is 0.368. The van der Waals surface area contributed by atoms with E-state index in [2.05, 4.69) is 12.1 Å². The van der Waals surface area contributed by atoms with Crippen LogP contribution in [0.15, 0.2) is 54.6 Å². The lowest BCUT2D eigenvalue weighted by Gasteiger charge is -2.22. The van der Waals surface area contributed by atoms with Gasteiger partial charge in [0.25, 0.3) is 0 Å². The summed E-state index contributed by atoms with van der Waals surface area (Å²) in [4.78, 5) is 1.12. The van der Waals surface area contributed by atoms with Crippen molar-refractivity contribution in [3.8, 4) is 11.5 Å². The molecule has 0 aliphatic rings. The topological polar surface area (TPSA) is 63.4 Å². The average Bonchev–Trinajstić information content (AvgIpc) is 2.61. The van der Waals surface area contributed by atoms with Crippen molar-refractivity contribution in [2.75, 3.05) is 33.4 Å². The van der Waals surface area contributed by atoms with E-state index in [1.807, 2.05) is 36.4 Å². The predicted octanol–water partition coefficient (Wildman–Crippen LogP) is 0.512. The van der Waals surface area contributed by atoms with E-state index >= 15 is 0 Å². The van der Waals surface area contributed by atoms with Crippen LogP contribution in [0.2, 0.25) is 0 Å². The summed E-state index contributed by atoms with van der Waals surface area (Å²) in [7, 11) is 1.60. The monoisotopic (exact) mass is 332 g/mol. The van der Waals surface area contributed by atoms with Gasteiger partial charge in [0, 0.05) is 11.6 Å². The zero-order valence-electron chi connectivity index (χ0n) is 14.0. The third-order valence-electron chi connectivity index (χ3n) is 3.77. The summed E-state index contributed by atoms with van der Waals surface area (Å²) in [6, 6.07) is 17.4. The minimum atomic E-state index is -0.610. The maximum atomic E-state index is 10.3. The lowest BCUT2D eigenvalue weighted by Crippen LogP contribution is -3.12. The largest absolute Gasteiger partial charge is 0.497 e. The molecule has 2 aromatic rings. The molecule has 24 heavy (non-hydrogen) atoms. The number of rotatable bonds is 10. The van der Waals surface area contributed by atoms with Gasteiger partial charge in [0.1, 0.15) is 43.8 Å². The van der Waals surface area contributed by atoms with Crippen molar-refractivity contribution >= 4 is 0 Å². The number of ether oxygens (including phenoxy) is 2. The van der Waals surface area contributed by atoms with Gasteiger partial charge in [0.2, 0.25) is 0 Å². The number of aliphatic hydroxyl groups excluding tert-OH is 2. The predicted molar refractivity (Wildman–Crippen MR) is 92.4 cm³/mol. The molecule has 2 rings (SSSR count). The number of hydrogen-bond donors (Lipinski definition) is 3. The van der Waals surface area contributed by atoms with Gasteiger partial charge >= 0.3 is 0 Å². The summed E-state index contributed by atoms with van der Waals surface area (Å²) in [5.74, 6) is 1.39. The van der Waals surface area contributed by atoms with Gasteiger partial charge in [-0.1, -0.05) is 36.4 Å².